The van der Waals surface area contributed by atoms with Crippen LogP contribution in [0.5, 0.6) is 0 Å². The number of carbonyl (C=O) groups is 6. The highest BCUT2D eigenvalue weighted by Crippen LogP contribution is 2.04. The first kappa shape index (κ1) is 27.7. The molecule has 14 heteroatoms. The third kappa shape index (κ3) is 12.8. The second-order valence-electron chi connectivity index (χ2n) is 6.73. The largest absolute Gasteiger partial charge is 0.481 e. The van der Waals surface area contributed by atoms with Gasteiger partial charge >= 0.3 is 11.9 Å². The van der Waals surface area contributed by atoms with Crippen LogP contribution >= 0.6 is 0 Å². The van der Waals surface area contributed by atoms with Gasteiger partial charge in [-0.1, -0.05) is 6.42 Å². The Morgan fingerprint density at radius 1 is 0.806 bits per heavy atom. The van der Waals surface area contributed by atoms with Crippen molar-refractivity contribution in [2.75, 3.05) is 13.1 Å². The monoisotopic (exact) mass is 446 g/mol. The standard InChI is InChI=1S/C17H30N6O8/c18-6-2-1-3-9(19)15(29)22-10(4-5-13(25)26)17(31)23-11(7-12(20)24)16(30)21-8-14(27)28/h9-11H,1-8,18-19H2,(H2,20,24)(H,21,30)(H,22,29)(H,23,31)(H,25,26)(H,27,28). The Balaban J connectivity index is 5.25. The van der Waals surface area contributed by atoms with Crippen molar-refractivity contribution in [3.05, 3.63) is 0 Å². The van der Waals surface area contributed by atoms with E-state index in [0.29, 0.717) is 19.4 Å². The van der Waals surface area contributed by atoms with Crippen molar-refractivity contribution in [2.45, 2.75) is 56.7 Å². The number of carboxylic acids is 2. The van der Waals surface area contributed by atoms with Crippen LogP contribution < -0.4 is 33.2 Å². The number of hydrogen-bond donors (Lipinski definition) is 8. The lowest BCUT2D eigenvalue weighted by Gasteiger charge is -2.23. The number of amides is 4. The van der Waals surface area contributed by atoms with Crippen LogP contribution in [0.4, 0.5) is 0 Å². The fraction of sp³-hybridized carbons (Fsp3) is 0.647. The first-order valence-electron chi connectivity index (χ1n) is 9.53. The molecule has 0 saturated heterocycles. The van der Waals surface area contributed by atoms with Crippen molar-refractivity contribution in [2.24, 2.45) is 17.2 Å². The van der Waals surface area contributed by atoms with E-state index in [1.54, 1.807) is 0 Å². The first-order chi connectivity index (χ1) is 14.5. The Hall–Kier alpha value is -3.26. The molecule has 0 spiro atoms. The molecule has 11 N–H and O–H groups in total. The van der Waals surface area contributed by atoms with Crippen molar-refractivity contribution in [3.63, 3.8) is 0 Å². The van der Waals surface area contributed by atoms with Crippen molar-refractivity contribution < 1.29 is 39.0 Å². The van der Waals surface area contributed by atoms with Gasteiger partial charge in [0, 0.05) is 6.42 Å². The zero-order valence-corrected chi connectivity index (χ0v) is 17.0. The van der Waals surface area contributed by atoms with Gasteiger partial charge in [0.05, 0.1) is 12.5 Å². The lowest BCUT2D eigenvalue weighted by molar-refractivity contribution is -0.139. The number of nitrogens with one attached hydrogen (secondary N) is 3. The van der Waals surface area contributed by atoms with Gasteiger partial charge in [0.15, 0.2) is 0 Å². The van der Waals surface area contributed by atoms with E-state index in [2.05, 4.69) is 10.6 Å². The van der Waals surface area contributed by atoms with Crippen molar-refractivity contribution in [1.82, 2.24) is 16.0 Å². The molecule has 0 aromatic carbocycles. The van der Waals surface area contributed by atoms with Gasteiger partial charge in [0.25, 0.3) is 0 Å². The molecule has 0 aliphatic carbocycles. The van der Waals surface area contributed by atoms with Gasteiger partial charge in [-0.2, -0.15) is 0 Å². The quantitative estimate of drug-likeness (QED) is 0.108. The van der Waals surface area contributed by atoms with Crippen LogP contribution in [0.25, 0.3) is 0 Å². The normalized spacial score (nSPS) is 13.4. The van der Waals surface area contributed by atoms with E-state index in [4.69, 9.17) is 27.4 Å². The molecule has 0 heterocycles. The van der Waals surface area contributed by atoms with Crippen LogP contribution in [-0.2, 0) is 28.8 Å². The zero-order chi connectivity index (χ0) is 24.0. The van der Waals surface area contributed by atoms with Crippen molar-refractivity contribution in [1.29, 1.82) is 0 Å². The number of nitrogens with two attached hydrogens (primary N) is 3. The third-order valence-corrected chi connectivity index (χ3v) is 4.04. The molecule has 176 valence electrons. The molecule has 0 bridgehead atoms. The molecule has 3 atom stereocenters. The van der Waals surface area contributed by atoms with E-state index in [-0.39, 0.29) is 12.8 Å². The summed E-state index contributed by atoms with van der Waals surface area (Å²) in [5, 5.41) is 24.0. The smallest absolute Gasteiger partial charge is 0.322 e. The van der Waals surface area contributed by atoms with E-state index < -0.39 is 73.1 Å². The van der Waals surface area contributed by atoms with E-state index in [1.807, 2.05) is 5.32 Å². The second-order valence-corrected chi connectivity index (χ2v) is 6.73. The molecule has 3 unspecified atom stereocenters. The van der Waals surface area contributed by atoms with Gasteiger partial charge in [-0.3, -0.25) is 28.8 Å². The minimum absolute atomic E-state index is 0.290. The lowest BCUT2D eigenvalue weighted by atomic mass is 10.1. The van der Waals surface area contributed by atoms with Crippen LogP contribution in [0.3, 0.4) is 0 Å². The van der Waals surface area contributed by atoms with Gasteiger partial charge in [-0.25, -0.2) is 0 Å². The van der Waals surface area contributed by atoms with Gasteiger partial charge in [0.2, 0.25) is 23.6 Å². The Bertz CT molecular complexity index is 671. The highest BCUT2D eigenvalue weighted by atomic mass is 16.4. The summed E-state index contributed by atoms with van der Waals surface area (Å²) in [5.74, 6) is -6.19. The molecule has 0 saturated carbocycles. The van der Waals surface area contributed by atoms with E-state index in [9.17, 15) is 28.8 Å². The van der Waals surface area contributed by atoms with E-state index in [1.165, 1.54) is 0 Å². The Morgan fingerprint density at radius 3 is 1.94 bits per heavy atom. The summed E-state index contributed by atoms with van der Waals surface area (Å²) in [5.41, 5.74) is 16.2. The maximum absolute atomic E-state index is 12.6. The van der Waals surface area contributed by atoms with Crippen LogP contribution in [-0.4, -0.2) is 77.0 Å². The molecule has 0 aromatic heterocycles. The van der Waals surface area contributed by atoms with Gasteiger partial charge in [-0.15, -0.1) is 0 Å². The maximum atomic E-state index is 12.6. The molecule has 14 nitrogen and oxygen atoms in total. The topological polar surface area (TPSA) is 257 Å². The Morgan fingerprint density at radius 2 is 1.42 bits per heavy atom. The molecule has 0 aliphatic rings. The highest BCUT2D eigenvalue weighted by molar-refractivity contribution is 5.95. The summed E-state index contributed by atoms with van der Waals surface area (Å²) in [6, 6.07) is -3.86. The summed E-state index contributed by atoms with van der Waals surface area (Å²) in [4.78, 5) is 69.6. The summed E-state index contributed by atoms with van der Waals surface area (Å²) in [7, 11) is 0. The highest BCUT2D eigenvalue weighted by Gasteiger charge is 2.29. The van der Waals surface area contributed by atoms with E-state index >= 15 is 0 Å². The van der Waals surface area contributed by atoms with Gasteiger partial charge in [-0.05, 0) is 25.8 Å². The number of rotatable bonds is 16. The summed E-state index contributed by atoms with van der Waals surface area (Å²) in [6.45, 7) is -0.343. The number of carbonyl (C=O) groups excluding carboxylic acids is 4. The molecular weight excluding hydrogens is 416 g/mol. The van der Waals surface area contributed by atoms with Crippen molar-refractivity contribution in [3.8, 4) is 0 Å². The molecule has 0 rings (SSSR count). The Kier molecular flexibility index (Phi) is 13.1. The number of carboxylic acid groups (broad SMARTS) is 2. The maximum Gasteiger partial charge on any atom is 0.322 e. The SMILES string of the molecule is NCCCCC(N)C(=O)NC(CCC(=O)O)C(=O)NC(CC(N)=O)C(=O)NCC(=O)O. The average molecular weight is 446 g/mol. The fourth-order valence-corrected chi connectivity index (χ4v) is 2.42. The molecular formula is C17H30N6O8. The van der Waals surface area contributed by atoms with Crippen LogP contribution in [0.2, 0.25) is 0 Å². The summed E-state index contributed by atoms with van der Waals surface area (Å²) < 4.78 is 0. The number of unbranched alkanes of at least 4 members (excludes halogenated alkanes) is 1. The van der Waals surface area contributed by atoms with Crippen LogP contribution in [0.15, 0.2) is 0 Å². The average Bonchev–Trinajstić information content (AvgIpc) is 2.67. The minimum Gasteiger partial charge on any atom is -0.481 e. The van der Waals surface area contributed by atoms with Crippen LogP contribution in [0.1, 0.15) is 38.5 Å². The van der Waals surface area contributed by atoms with Crippen molar-refractivity contribution >= 4 is 35.6 Å². The number of aliphatic carboxylic acids is 2. The van der Waals surface area contributed by atoms with Gasteiger partial charge in [0.1, 0.15) is 18.6 Å². The molecule has 4 amide bonds. The molecule has 31 heavy (non-hydrogen) atoms. The predicted molar refractivity (Wildman–Crippen MR) is 106 cm³/mol. The summed E-state index contributed by atoms with van der Waals surface area (Å²) >= 11 is 0. The second kappa shape index (κ2) is 14.7. The van der Waals surface area contributed by atoms with E-state index in [0.717, 1.165) is 0 Å². The first-order valence-corrected chi connectivity index (χ1v) is 9.53. The molecule has 0 aromatic rings. The Labute approximate surface area is 178 Å². The predicted octanol–water partition coefficient (Wildman–Crippen LogP) is -3.65. The number of hydrogen-bond acceptors (Lipinski definition) is 8. The number of primary amides is 1. The molecule has 0 radical (unpaired) electrons. The molecule has 0 fully saturated rings. The van der Waals surface area contributed by atoms with Crippen LogP contribution in [0, 0.1) is 0 Å². The molecule has 0 aliphatic heterocycles. The third-order valence-electron chi connectivity index (χ3n) is 4.04. The van der Waals surface area contributed by atoms with Gasteiger partial charge < -0.3 is 43.4 Å². The minimum atomic E-state index is -1.52. The fourth-order valence-electron chi connectivity index (χ4n) is 2.42. The lowest BCUT2D eigenvalue weighted by Crippen LogP contribution is -2.56. The zero-order valence-electron chi connectivity index (χ0n) is 17.0. The summed E-state index contributed by atoms with van der Waals surface area (Å²) in [6.07, 6.45) is 0.0637.